The van der Waals surface area contributed by atoms with E-state index in [1.807, 2.05) is 22.6 Å². The highest BCUT2D eigenvalue weighted by molar-refractivity contribution is 14.1. The topological polar surface area (TPSA) is 71.1 Å². The molecule has 0 amide bonds. The van der Waals surface area contributed by atoms with E-state index in [1.54, 1.807) is 33.1 Å². The van der Waals surface area contributed by atoms with Crippen LogP contribution >= 0.6 is 49.1 Å². The molecule has 6 nitrogen and oxygen atoms in total. The van der Waals surface area contributed by atoms with E-state index in [4.69, 9.17) is 18.1 Å². The summed E-state index contributed by atoms with van der Waals surface area (Å²) in [6.07, 6.45) is 0. The van der Waals surface area contributed by atoms with Gasteiger partial charge in [-0.15, -0.1) is 11.3 Å². The molecule has 0 N–H and O–H groups in total. The normalized spacial score (nSPS) is 12.8. The van der Waals surface area contributed by atoms with Gasteiger partial charge in [-0.1, -0.05) is 0 Å². The summed E-state index contributed by atoms with van der Waals surface area (Å²) in [6.45, 7) is 7.80. The second-order valence-corrected chi connectivity index (χ2v) is 10.6. The van der Waals surface area contributed by atoms with Gasteiger partial charge in [0.2, 0.25) is 0 Å². The van der Waals surface area contributed by atoms with Crippen LogP contribution in [-0.4, -0.2) is 26.4 Å². The SMILES string of the molecule is CCOP(=O)(OCC)c1csc(I)c1P(=O)(OCC)OCC. The molecule has 0 fully saturated rings. The largest absolute Gasteiger partial charge is 0.364 e. The van der Waals surface area contributed by atoms with Gasteiger partial charge in [-0.25, -0.2) is 0 Å². The van der Waals surface area contributed by atoms with Gasteiger partial charge in [0, 0.05) is 5.38 Å². The van der Waals surface area contributed by atoms with E-state index in [1.165, 1.54) is 11.3 Å². The smallest absolute Gasteiger partial charge is 0.305 e. The van der Waals surface area contributed by atoms with E-state index in [9.17, 15) is 9.13 Å². The molecule has 0 saturated carbocycles. The number of rotatable bonds is 10. The van der Waals surface area contributed by atoms with Gasteiger partial charge in [0.05, 0.1) is 34.6 Å². The molecule has 22 heavy (non-hydrogen) atoms. The Hall–Kier alpha value is 0.730. The van der Waals surface area contributed by atoms with Crippen molar-refractivity contribution in [3.8, 4) is 0 Å². The summed E-state index contributed by atoms with van der Waals surface area (Å²) in [5, 5.41) is 2.22. The predicted octanol–water partition coefficient (Wildman–Crippen LogP) is 4.14. The molecular formula is C12H21IO6P2S. The lowest BCUT2D eigenvalue weighted by Crippen LogP contribution is -2.27. The molecule has 0 radical (unpaired) electrons. The third kappa shape index (κ3) is 4.63. The van der Waals surface area contributed by atoms with Gasteiger partial charge < -0.3 is 18.1 Å². The molecule has 0 aliphatic rings. The lowest BCUT2D eigenvalue weighted by atomic mass is 10.7. The Morgan fingerprint density at radius 1 is 0.909 bits per heavy atom. The Kier molecular flexibility index (Phi) is 8.76. The maximum absolute atomic E-state index is 13.1. The van der Waals surface area contributed by atoms with Gasteiger partial charge in [-0.3, -0.25) is 9.13 Å². The highest BCUT2D eigenvalue weighted by atomic mass is 127. The van der Waals surface area contributed by atoms with Crippen molar-refractivity contribution < 1.29 is 27.2 Å². The average Bonchev–Trinajstić information content (AvgIpc) is 2.83. The Balaban J connectivity index is 3.46. The van der Waals surface area contributed by atoms with Crippen molar-refractivity contribution in [1.82, 2.24) is 0 Å². The molecule has 0 aliphatic heterocycles. The zero-order chi connectivity index (χ0) is 16.8. The van der Waals surface area contributed by atoms with Gasteiger partial charge in [-0.2, -0.15) is 0 Å². The lowest BCUT2D eigenvalue weighted by molar-refractivity contribution is 0.226. The minimum Gasteiger partial charge on any atom is -0.305 e. The predicted molar refractivity (Wildman–Crippen MR) is 98.0 cm³/mol. The number of halogens is 1. The first-order chi connectivity index (χ1) is 10.4. The van der Waals surface area contributed by atoms with E-state index in [0.717, 1.165) is 0 Å². The maximum atomic E-state index is 13.1. The Morgan fingerprint density at radius 3 is 1.73 bits per heavy atom. The van der Waals surface area contributed by atoms with Crippen LogP contribution in [-0.2, 0) is 27.2 Å². The molecule has 0 spiro atoms. The van der Waals surface area contributed by atoms with E-state index in [0.29, 0.717) is 8.19 Å². The van der Waals surface area contributed by atoms with Crippen LogP contribution in [0.3, 0.4) is 0 Å². The molecule has 1 aromatic rings. The summed E-state index contributed by atoms with van der Waals surface area (Å²) >= 11 is 3.35. The first-order valence-corrected chi connectivity index (χ1v) is 12.0. The summed E-state index contributed by atoms with van der Waals surface area (Å²) in [4.78, 5) is 0. The fourth-order valence-electron chi connectivity index (χ4n) is 1.78. The highest BCUT2D eigenvalue weighted by Crippen LogP contribution is 2.54. The van der Waals surface area contributed by atoms with Gasteiger partial charge in [0.15, 0.2) is 0 Å². The summed E-state index contributed by atoms with van der Waals surface area (Å²) in [5.41, 5.74) is 0. The molecule has 0 saturated heterocycles. The van der Waals surface area contributed by atoms with Crippen LogP contribution in [0.1, 0.15) is 27.7 Å². The standard InChI is InChI=1S/C12H21IO6P2S/c1-5-16-20(14,17-6-2)10-9-22-12(13)11(10)21(15,18-7-3)19-8-4/h9H,5-8H2,1-4H3. The molecule has 0 aromatic carbocycles. The van der Waals surface area contributed by atoms with Crippen LogP contribution in [0.2, 0.25) is 0 Å². The molecule has 1 aromatic heterocycles. The lowest BCUT2D eigenvalue weighted by Gasteiger charge is -2.22. The second kappa shape index (κ2) is 9.28. The Bertz CT molecular complexity index is 556. The van der Waals surface area contributed by atoms with Gasteiger partial charge >= 0.3 is 15.2 Å². The number of hydrogen-bond acceptors (Lipinski definition) is 7. The van der Waals surface area contributed by atoms with Crippen molar-refractivity contribution in [2.45, 2.75) is 27.7 Å². The van der Waals surface area contributed by atoms with Gasteiger partial charge in [-0.05, 0) is 50.3 Å². The molecule has 0 aliphatic carbocycles. The van der Waals surface area contributed by atoms with E-state index in [2.05, 4.69) is 0 Å². The highest BCUT2D eigenvalue weighted by Gasteiger charge is 2.41. The first-order valence-electron chi connectivity index (χ1n) is 6.94. The van der Waals surface area contributed by atoms with E-state index >= 15 is 0 Å². The van der Waals surface area contributed by atoms with E-state index in [-0.39, 0.29) is 31.7 Å². The molecule has 1 rings (SSSR count). The molecule has 0 unspecified atom stereocenters. The van der Waals surface area contributed by atoms with Crippen LogP contribution in [0, 0.1) is 2.88 Å². The van der Waals surface area contributed by atoms with Crippen molar-refractivity contribution in [2.24, 2.45) is 0 Å². The van der Waals surface area contributed by atoms with Crippen LogP contribution < -0.4 is 10.6 Å². The summed E-state index contributed by atoms with van der Waals surface area (Å²) in [6, 6.07) is 0. The Morgan fingerprint density at radius 2 is 1.32 bits per heavy atom. The maximum Gasteiger partial charge on any atom is 0.364 e. The van der Waals surface area contributed by atoms with Gasteiger partial charge in [0.1, 0.15) is 5.30 Å². The van der Waals surface area contributed by atoms with Crippen LogP contribution in [0.15, 0.2) is 5.38 Å². The summed E-state index contributed by atoms with van der Waals surface area (Å²) in [5.74, 6) is 0. The Labute approximate surface area is 149 Å². The molecule has 10 heteroatoms. The van der Waals surface area contributed by atoms with Crippen molar-refractivity contribution in [3.05, 3.63) is 8.26 Å². The fourth-order valence-corrected chi connectivity index (χ4v) is 9.15. The fraction of sp³-hybridized carbons (Fsp3) is 0.667. The molecule has 0 atom stereocenters. The average molecular weight is 482 g/mol. The van der Waals surface area contributed by atoms with Gasteiger partial charge in [0.25, 0.3) is 0 Å². The summed E-state index contributed by atoms with van der Waals surface area (Å²) in [7, 11) is -7.13. The molecule has 128 valence electrons. The zero-order valence-electron chi connectivity index (χ0n) is 13.0. The van der Waals surface area contributed by atoms with Crippen molar-refractivity contribution >= 4 is 59.7 Å². The van der Waals surface area contributed by atoms with Crippen molar-refractivity contribution in [3.63, 3.8) is 0 Å². The molecule has 1 heterocycles. The molecule has 0 bridgehead atoms. The first kappa shape index (κ1) is 20.8. The van der Waals surface area contributed by atoms with Crippen LogP contribution in [0.5, 0.6) is 0 Å². The molecular weight excluding hydrogens is 461 g/mol. The third-order valence-corrected chi connectivity index (χ3v) is 9.81. The van der Waals surface area contributed by atoms with E-state index < -0.39 is 15.2 Å². The quantitative estimate of drug-likeness (QED) is 0.369. The monoisotopic (exact) mass is 482 g/mol. The van der Waals surface area contributed by atoms with Crippen molar-refractivity contribution in [2.75, 3.05) is 26.4 Å². The minimum atomic E-state index is -3.57. The van der Waals surface area contributed by atoms with Crippen LogP contribution in [0.25, 0.3) is 0 Å². The third-order valence-electron chi connectivity index (χ3n) is 2.47. The zero-order valence-corrected chi connectivity index (χ0v) is 17.8. The number of hydrogen-bond donors (Lipinski definition) is 0. The summed E-state index contributed by atoms with van der Waals surface area (Å²) < 4.78 is 48.3. The minimum absolute atomic E-state index is 0.218. The number of thiophene rings is 1. The second-order valence-electron chi connectivity index (χ2n) is 3.91. The van der Waals surface area contributed by atoms with Crippen molar-refractivity contribution in [1.29, 1.82) is 0 Å². The van der Waals surface area contributed by atoms with Crippen LogP contribution in [0.4, 0.5) is 0 Å².